The molecule has 1 aromatic carbocycles. The molecule has 1 unspecified atom stereocenters. The van der Waals surface area contributed by atoms with Crippen molar-refractivity contribution in [3.05, 3.63) is 30.3 Å². The minimum atomic E-state index is 0.103. The summed E-state index contributed by atoms with van der Waals surface area (Å²) < 4.78 is 0. The van der Waals surface area contributed by atoms with E-state index in [4.69, 9.17) is 0 Å². The second kappa shape index (κ2) is 7.93. The Balaban J connectivity index is 1.77. The molecule has 1 aromatic rings. The third-order valence-corrected chi connectivity index (χ3v) is 4.23. The first-order valence-corrected chi connectivity index (χ1v) is 7.88. The van der Waals surface area contributed by atoms with E-state index in [1.165, 1.54) is 32.1 Å². The van der Waals surface area contributed by atoms with Gasteiger partial charge in [-0.15, -0.1) is 0 Å². The van der Waals surface area contributed by atoms with E-state index in [9.17, 15) is 4.79 Å². The van der Waals surface area contributed by atoms with Gasteiger partial charge in [-0.1, -0.05) is 44.4 Å². The Morgan fingerprint density at radius 3 is 2.55 bits per heavy atom. The highest BCUT2D eigenvalue weighted by molar-refractivity contribution is 5.80. The van der Waals surface area contributed by atoms with Crippen LogP contribution in [0.5, 0.6) is 0 Å². The largest absolute Gasteiger partial charge is 0.376 e. The molecular weight excluding hydrogens is 248 g/mol. The molecule has 3 nitrogen and oxygen atoms in total. The fourth-order valence-electron chi connectivity index (χ4n) is 3.09. The third kappa shape index (κ3) is 4.55. The van der Waals surface area contributed by atoms with E-state index in [1.54, 1.807) is 0 Å². The maximum Gasteiger partial charge on any atom is 0.239 e. The molecule has 20 heavy (non-hydrogen) atoms. The lowest BCUT2D eigenvalue weighted by molar-refractivity contribution is -0.120. The molecule has 2 N–H and O–H groups in total. The Morgan fingerprint density at radius 2 is 1.90 bits per heavy atom. The Hall–Kier alpha value is -1.51. The molecule has 0 bridgehead atoms. The number of carbonyl (C=O) groups excluding carboxylic acids is 1. The minimum Gasteiger partial charge on any atom is -0.376 e. The molecule has 110 valence electrons. The van der Waals surface area contributed by atoms with Gasteiger partial charge in [-0.2, -0.15) is 0 Å². The van der Waals surface area contributed by atoms with E-state index in [2.05, 4.69) is 17.6 Å². The zero-order valence-electron chi connectivity index (χ0n) is 12.4. The summed E-state index contributed by atoms with van der Waals surface area (Å²) in [6.45, 7) is 2.53. The van der Waals surface area contributed by atoms with Crippen LogP contribution in [0.15, 0.2) is 30.3 Å². The molecule has 0 aliphatic heterocycles. The van der Waals surface area contributed by atoms with Crippen LogP contribution >= 0.6 is 0 Å². The Morgan fingerprint density at radius 1 is 1.20 bits per heavy atom. The van der Waals surface area contributed by atoms with E-state index < -0.39 is 0 Å². The quantitative estimate of drug-likeness (QED) is 0.832. The van der Waals surface area contributed by atoms with Crippen LogP contribution in [0.1, 0.15) is 45.4 Å². The van der Waals surface area contributed by atoms with Gasteiger partial charge in [0.05, 0.1) is 6.54 Å². The molecule has 1 atom stereocenters. The summed E-state index contributed by atoms with van der Waals surface area (Å²) in [5, 5.41) is 6.37. The Labute approximate surface area is 122 Å². The van der Waals surface area contributed by atoms with E-state index in [0.717, 1.165) is 12.1 Å². The van der Waals surface area contributed by atoms with Crippen molar-refractivity contribution in [1.29, 1.82) is 0 Å². The van der Waals surface area contributed by atoms with Gasteiger partial charge in [0.15, 0.2) is 0 Å². The van der Waals surface area contributed by atoms with Crippen molar-refractivity contribution in [2.45, 2.75) is 51.5 Å². The topological polar surface area (TPSA) is 41.1 Å². The van der Waals surface area contributed by atoms with E-state index >= 15 is 0 Å². The van der Waals surface area contributed by atoms with Crippen molar-refractivity contribution in [3.63, 3.8) is 0 Å². The zero-order valence-corrected chi connectivity index (χ0v) is 12.4. The van der Waals surface area contributed by atoms with Crippen LogP contribution in [0.25, 0.3) is 0 Å². The van der Waals surface area contributed by atoms with Crippen molar-refractivity contribution >= 4 is 11.6 Å². The molecule has 0 radical (unpaired) electrons. The van der Waals surface area contributed by atoms with Gasteiger partial charge < -0.3 is 10.6 Å². The number of hydrogen-bond donors (Lipinski definition) is 2. The monoisotopic (exact) mass is 274 g/mol. The standard InChI is InChI=1S/C17H26N2O/c1-2-16(14-9-5-3-6-10-14)19-17(20)13-18-15-11-7-4-8-12-15/h4,7-8,11-12,14,16,18H,2-3,5-6,9-10,13H2,1H3,(H,19,20). The van der Waals surface area contributed by atoms with Crippen LogP contribution in [0, 0.1) is 5.92 Å². The Kier molecular flexibility index (Phi) is 5.90. The summed E-state index contributed by atoms with van der Waals surface area (Å²) >= 11 is 0. The van der Waals surface area contributed by atoms with E-state index in [1.807, 2.05) is 30.3 Å². The number of para-hydroxylation sites is 1. The number of benzene rings is 1. The van der Waals surface area contributed by atoms with Gasteiger partial charge in [0.25, 0.3) is 0 Å². The summed E-state index contributed by atoms with van der Waals surface area (Å²) in [6, 6.07) is 10.2. The van der Waals surface area contributed by atoms with Crippen LogP contribution < -0.4 is 10.6 Å². The number of nitrogens with one attached hydrogen (secondary N) is 2. The van der Waals surface area contributed by atoms with Crippen LogP contribution in [0.4, 0.5) is 5.69 Å². The summed E-state index contributed by atoms with van der Waals surface area (Å²) in [5.41, 5.74) is 0.994. The summed E-state index contributed by atoms with van der Waals surface area (Å²) in [4.78, 5) is 12.1. The predicted octanol–water partition coefficient (Wildman–Crippen LogP) is 3.57. The number of amides is 1. The number of carbonyl (C=O) groups is 1. The number of hydrogen-bond acceptors (Lipinski definition) is 2. The van der Waals surface area contributed by atoms with Crippen LogP contribution in [-0.4, -0.2) is 18.5 Å². The van der Waals surface area contributed by atoms with Gasteiger partial charge in [0.2, 0.25) is 5.91 Å². The molecule has 1 saturated carbocycles. The van der Waals surface area contributed by atoms with E-state index in [0.29, 0.717) is 18.5 Å². The molecule has 0 saturated heterocycles. The van der Waals surface area contributed by atoms with Gasteiger partial charge in [0.1, 0.15) is 0 Å². The molecule has 2 rings (SSSR count). The summed E-state index contributed by atoms with van der Waals surface area (Å²) in [6.07, 6.45) is 7.56. The Bertz CT molecular complexity index is 399. The number of rotatable bonds is 6. The first-order valence-electron chi connectivity index (χ1n) is 7.88. The average molecular weight is 274 g/mol. The van der Waals surface area contributed by atoms with Crippen LogP contribution in [0.3, 0.4) is 0 Å². The highest BCUT2D eigenvalue weighted by Gasteiger charge is 2.23. The molecule has 0 spiro atoms. The molecule has 3 heteroatoms. The summed E-state index contributed by atoms with van der Waals surface area (Å²) in [5.74, 6) is 0.778. The fourth-order valence-corrected chi connectivity index (χ4v) is 3.09. The lowest BCUT2D eigenvalue weighted by Gasteiger charge is -2.30. The summed E-state index contributed by atoms with van der Waals surface area (Å²) in [7, 11) is 0. The van der Waals surface area contributed by atoms with Crippen LogP contribution in [-0.2, 0) is 4.79 Å². The molecule has 0 aromatic heterocycles. The molecule has 1 fully saturated rings. The second-order valence-electron chi connectivity index (χ2n) is 5.70. The van der Waals surface area contributed by atoms with Crippen LogP contribution in [0.2, 0.25) is 0 Å². The first-order chi connectivity index (χ1) is 9.79. The molecule has 1 amide bonds. The van der Waals surface area contributed by atoms with Crippen molar-refractivity contribution in [2.24, 2.45) is 5.92 Å². The molecule has 1 aliphatic rings. The zero-order chi connectivity index (χ0) is 14.2. The molecule has 1 aliphatic carbocycles. The first kappa shape index (κ1) is 14.9. The van der Waals surface area contributed by atoms with Gasteiger partial charge >= 0.3 is 0 Å². The van der Waals surface area contributed by atoms with Gasteiger partial charge in [0, 0.05) is 11.7 Å². The highest BCUT2D eigenvalue weighted by atomic mass is 16.1. The predicted molar refractivity (Wildman–Crippen MR) is 83.7 cm³/mol. The van der Waals surface area contributed by atoms with Crippen molar-refractivity contribution in [2.75, 3.05) is 11.9 Å². The lowest BCUT2D eigenvalue weighted by Crippen LogP contribution is -2.43. The average Bonchev–Trinajstić information content (AvgIpc) is 2.52. The third-order valence-electron chi connectivity index (χ3n) is 4.23. The SMILES string of the molecule is CCC(NC(=O)CNc1ccccc1)C1CCCCC1. The fraction of sp³-hybridized carbons (Fsp3) is 0.588. The van der Waals surface area contributed by atoms with Crippen molar-refractivity contribution < 1.29 is 4.79 Å². The minimum absolute atomic E-state index is 0.103. The number of anilines is 1. The smallest absolute Gasteiger partial charge is 0.239 e. The van der Waals surface area contributed by atoms with Gasteiger partial charge in [-0.25, -0.2) is 0 Å². The molecular formula is C17H26N2O. The van der Waals surface area contributed by atoms with Gasteiger partial charge in [-0.05, 0) is 37.3 Å². The lowest BCUT2D eigenvalue weighted by atomic mass is 9.83. The van der Waals surface area contributed by atoms with Gasteiger partial charge in [-0.3, -0.25) is 4.79 Å². The second-order valence-corrected chi connectivity index (χ2v) is 5.70. The van der Waals surface area contributed by atoms with Crippen molar-refractivity contribution in [3.8, 4) is 0 Å². The maximum absolute atomic E-state index is 12.1. The van der Waals surface area contributed by atoms with Crippen molar-refractivity contribution in [1.82, 2.24) is 5.32 Å². The molecule has 0 heterocycles. The maximum atomic E-state index is 12.1. The van der Waals surface area contributed by atoms with E-state index in [-0.39, 0.29) is 5.91 Å². The highest BCUT2D eigenvalue weighted by Crippen LogP contribution is 2.27. The normalized spacial score (nSPS) is 17.4.